The van der Waals surface area contributed by atoms with Crippen molar-refractivity contribution in [3.63, 3.8) is 0 Å². The van der Waals surface area contributed by atoms with Crippen LogP contribution >= 0.6 is 0 Å². The highest BCUT2D eigenvalue weighted by molar-refractivity contribution is 6.08. The van der Waals surface area contributed by atoms with Crippen molar-refractivity contribution in [2.75, 3.05) is 26.4 Å². The molecule has 0 aromatic carbocycles. The van der Waals surface area contributed by atoms with Crippen LogP contribution in [0.2, 0.25) is 6.04 Å². The number of hydrogen-bond acceptors (Lipinski definition) is 2. The molecule has 0 amide bonds. The molecule has 0 spiro atoms. The maximum atomic E-state index is 5.52. The van der Waals surface area contributed by atoms with E-state index in [2.05, 4.69) is 6.92 Å². The van der Waals surface area contributed by atoms with E-state index in [1.807, 2.05) is 0 Å². The van der Waals surface area contributed by atoms with Gasteiger partial charge in [-0.3, -0.25) is 0 Å². The molecule has 66 valence electrons. The standard InChI is InChI=1S/C8H18O2Si/c1-8(6-10-7-8)5-9-3-2-4-11/h2-7H2,1,11H3. The van der Waals surface area contributed by atoms with Crippen LogP contribution in [-0.2, 0) is 9.47 Å². The third kappa shape index (κ3) is 2.93. The molecule has 0 bridgehead atoms. The van der Waals surface area contributed by atoms with E-state index in [1.54, 1.807) is 0 Å². The van der Waals surface area contributed by atoms with Gasteiger partial charge in [0.25, 0.3) is 0 Å². The Balaban J connectivity index is 1.94. The molecule has 0 N–H and O–H groups in total. The fourth-order valence-electron chi connectivity index (χ4n) is 1.10. The molecule has 0 aromatic rings. The molecule has 2 nitrogen and oxygen atoms in total. The lowest BCUT2D eigenvalue weighted by molar-refractivity contribution is -0.137. The molecule has 1 heterocycles. The monoisotopic (exact) mass is 174 g/mol. The molecule has 1 aliphatic rings. The lowest BCUT2D eigenvalue weighted by Crippen LogP contribution is -2.43. The zero-order valence-corrected chi connectivity index (χ0v) is 9.56. The minimum Gasteiger partial charge on any atom is -0.381 e. The first kappa shape index (κ1) is 9.23. The lowest BCUT2D eigenvalue weighted by atomic mass is 9.90. The van der Waals surface area contributed by atoms with Crippen LogP contribution in [0.5, 0.6) is 0 Å². The predicted octanol–water partition coefficient (Wildman–Crippen LogP) is 0.213. The van der Waals surface area contributed by atoms with Crippen molar-refractivity contribution in [1.29, 1.82) is 0 Å². The van der Waals surface area contributed by atoms with Crippen molar-refractivity contribution in [2.45, 2.75) is 19.4 Å². The highest BCUT2D eigenvalue weighted by Gasteiger charge is 2.33. The van der Waals surface area contributed by atoms with E-state index >= 15 is 0 Å². The van der Waals surface area contributed by atoms with Gasteiger partial charge in [-0.25, -0.2) is 0 Å². The largest absolute Gasteiger partial charge is 0.381 e. The predicted molar refractivity (Wildman–Crippen MR) is 49.1 cm³/mol. The van der Waals surface area contributed by atoms with Crippen LogP contribution < -0.4 is 0 Å². The summed E-state index contributed by atoms with van der Waals surface area (Å²) in [6.45, 7) is 5.81. The third-order valence-electron chi connectivity index (χ3n) is 1.99. The van der Waals surface area contributed by atoms with Crippen molar-refractivity contribution >= 4 is 10.2 Å². The molecule has 1 saturated heterocycles. The van der Waals surface area contributed by atoms with E-state index in [0.29, 0.717) is 5.41 Å². The Hall–Kier alpha value is 0.137. The average Bonchev–Trinajstić information content (AvgIpc) is 1.95. The molecule has 1 fully saturated rings. The molecular weight excluding hydrogens is 156 g/mol. The van der Waals surface area contributed by atoms with Crippen LogP contribution in [0, 0.1) is 5.41 Å². The highest BCUT2D eigenvalue weighted by Crippen LogP contribution is 2.26. The highest BCUT2D eigenvalue weighted by atomic mass is 28.1. The lowest BCUT2D eigenvalue weighted by Gasteiger charge is -2.37. The van der Waals surface area contributed by atoms with Crippen LogP contribution in [0.15, 0.2) is 0 Å². The topological polar surface area (TPSA) is 18.5 Å². The van der Waals surface area contributed by atoms with E-state index < -0.39 is 0 Å². The molecule has 0 saturated carbocycles. The van der Waals surface area contributed by atoms with Crippen molar-refractivity contribution < 1.29 is 9.47 Å². The van der Waals surface area contributed by atoms with Gasteiger partial charge in [-0.15, -0.1) is 0 Å². The summed E-state index contributed by atoms with van der Waals surface area (Å²) < 4.78 is 10.6. The molecule has 1 aliphatic heterocycles. The minimum absolute atomic E-state index is 0.338. The molecule has 0 atom stereocenters. The smallest absolute Gasteiger partial charge is 0.0564 e. The van der Waals surface area contributed by atoms with Gasteiger partial charge >= 0.3 is 0 Å². The zero-order valence-electron chi connectivity index (χ0n) is 7.56. The average molecular weight is 174 g/mol. The molecule has 3 heteroatoms. The quantitative estimate of drug-likeness (QED) is 0.438. The van der Waals surface area contributed by atoms with Gasteiger partial charge in [0, 0.05) is 22.3 Å². The number of rotatable bonds is 5. The Kier molecular flexibility index (Phi) is 3.55. The summed E-state index contributed by atoms with van der Waals surface area (Å²) >= 11 is 0. The molecule has 1 rings (SSSR count). The van der Waals surface area contributed by atoms with E-state index in [-0.39, 0.29) is 0 Å². The zero-order chi connectivity index (χ0) is 8.16. The summed E-state index contributed by atoms with van der Waals surface area (Å²) in [6, 6.07) is 1.35. The van der Waals surface area contributed by atoms with Gasteiger partial charge < -0.3 is 9.47 Å². The van der Waals surface area contributed by atoms with E-state index in [4.69, 9.17) is 9.47 Å². The van der Waals surface area contributed by atoms with Gasteiger partial charge in [0.15, 0.2) is 0 Å². The second kappa shape index (κ2) is 4.23. The maximum Gasteiger partial charge on any atom is 0.0564 e. The summed E-state index contributed by atoms with van der Waals surface area (Å²) in [5, 5.41) is 0. The van der Waals surface area contributed by atoms with E-state index in [1.165, 1.54) is 22.7 Å². The summed E-state index contributed by atoms with van der Waals surface area (Å²) in [7, 11) is 1.31. The van der Waals surface area contributed by atoms with Gasteiger partial charge in [0.1, 0.15) is 0 Å². The third-order valence-corrected chi connectivity index (χ3v) is 2.70. The molecular formula is C8H18O2Si. The molecule has 0 unspecified atom stereocenters. The SMILES string of the molecule is CC1(COCCC[SiH3])COC1. The van der Waals surface area contributed by atoms with Crippen LogP contribution in [0.25, 0.3) is 0 Å². The van der Waals surface area contributed by atoms with Gasteiger partial charge in [-0.05, 0) is 6.42 Å². The van der Waals surface area contributed by atoms with Crippen LogP contribution in [0.3, 0.4) is 0 Å². The van der Waals surface area contributed by atoms with E-state index in [9.17, 15) is 0 Å². The van der Waals surface area contributed by atoms with Crippen molar-refractivity contribution in [2.24, 2.45) is 5.41 Å². The summed E-state index contributed by atoms with van der Waals surface area (Å²) in [5.41, 5.74) is 0.338. The summed E-state index contributed by atoms with van der Waals surface area (Å²) in [6.07, 6.45) is 1.24. The van der Waals surface area contributed by atoms with Gasteiger partial charge in [0.05, 0.1) is 19.8 Å². The van der Waals surface area contributed by atoms with Gasteiger partial charge in [-0.1, -0.05) is 13.0 Å². The first-order chi connectivity index (χ1) is 5.27. The van der Waals surface area contributed by atoms with Crippen molar-refractivity contribution in [3.8, 4) is 0 Å². The summed E-state index contributed by atoms with van der Waals surface area (Å²) in [5.74, 6) is 0. The van der Waals surface area contributed by atoms with Crippen LogP contribution in [-0.4, -0.2) is 36.7 Å². The van der Waals surface area contributed by atoms with Crippen LogP contribution in [0.1, 0.15) is 13.3 Å². The number of ether oxygens (including phenoxy) is 2. The first-order valence-electron chi connectivity index (χ1n) is 4.42. The van der Waals surface area contributed by atoms with E-state index in [0.717, 1.165) is 26.4 Å². The Bertz CT molecular complexity index is 113. The number of hydrogen-bond donors (Lipinski definition) is 0. The van der Waals surface area contributed by atoms with Crippen molar-refractivity contribution in [1.82, 2.24) is 0 Å². The fraction of sp³-hybridized carbons (Fsp3) is 1.00. The van der Waals surface area contributed by atoms with Crippen molar-refractivity contribution in [3.05, 3.63) is 0 Å². The second-order valence-electron chi connectivity index (χ2n) is 3.71. The molecule has 0 aromatic heterocycles. The van der Waals surface area contributed by atoms with Crippen LogP contribution in [0.4, 0.5) is 0 Å². The normalized spacial score (nSPS) is 21.5. The Labute approximate surface area is 71.7 Å². The van der Waals surface area contributed by atoms with Gasteiger partial charge in [0.2, 0.25) is 0 Å². The first-order valence-corrected chi connectivity index (χ1v) is 5.84. The van der Waals surface area contributed by atoms with Gasteiger partial charge in [-0.2, -0.15) is 0 Å². The fourth-order valence-corrected chi connectivity index (χ4v) is 1.39. The Morgan fingerprint density at radius 1 is 1.55 bits per heavy atom. The molecule has 0 radical (unpaired) electrons. The second-order valence-corrected chi connectivity index (χ2v) is 4.71. The maximum absolute atomic E-state index is 5.52. The Morgan fingerprint density at radius 2 is 2.27 bits per heavy atom. The molecule has 0 aliphatic carbocycles. The minimum atomic E-state index is 0.338. The Morgan fingerprint density at radius 3 is 2.73 bits per heavy atom. The molecule has 11 heavy (non-hydrogen) atoms. The summed E-state index contributed by atoms with van der Waals surface area (Å²) in [4.78, 5) is 0.